The Balaban J connectivity index is 1.93. The van der Waals surface area contributed by atoms with Crippen molar-refractivity contribution in [3.8, 4) is 0 Å². The van der Waals surface area contributed by atoms with Gasteiger partial charge in [-0.25, -0.2) is 0 Å². The molecule has 23 heavy (non-hydrogen) atoms. The van der Waals surface area contributed by atoms with E-state index in [2.05, 4.69) is 33.2 Å². The molecule has 1 aliphatic rings. The summed E-state index contributed by atoms with van der Waals surface area (Å²) in [5, 5.41) is 0. The quantitative estimate of drug-likeness (QED) is 0.936. The van der Waals surface area contributed by atoms with E-state index in [0.29, 0.717) is 11.9 Å². The van der Waals surface area contributed by atoms with Gasteiger partial charge in [0.15, 0.2) is 0 Å². The summed E-state index contributed by atoms with van der Waals surface area (Å²) in [7, 11) is 3.84. The summed E-state index contributed by atoms with van der Waals surface area (Å²) < 4.78 is 0. The topological polar surface area (TPSA) is 71.2 Å². The van der Waals surface area contributed by atoms with Crippen LogP contribution in [-0.4, -0.2) is 29.0 Å². The molecule has 6 heteroatoms. The molecule has 0 fully saturated rings. The Bertz CT molecular complexity index is 738. The normalized spacial score (nSPS) is 13.6. The van der Waals surface area contributed by atoms with Gasteiger partial charge >= 0.3 is 0 Å². The molecule has 0 saturated carbocycles. The van der Waals surface area contributed by atoms with Crippen LogP contribution in [0.15, 0.2) is 54.3 Å². The predicted molar refractivity (Wildman–Crippen MR) is 93.6 cm³/mol. The second-order valence-electron chi connectivity index (χ2n) is 5.36. The van der Waals surface area contributed by atoms with Gasteiger partial charge in [0.05, 0.1) is 0 Å². The van der Waals surface area contributed by atoms with Crippen molar-refractivity contribution in [2.75, 3.05) is 29.6 Å². The number of aromatic nitrogens is 3. The van der Waals surface area contributed by atoms with Crippen LogP contribution in [0.5, 0.6) is 0 Å². The molecule has 2 aromatic rings. The van der Waals surface area contributed by atoms with Crippen LogP contribution in [0, 0.1) is 0 Å². The zero-order valence-corrected chi connectivity index (χ0v) is 13.3. The number of nitrogen functional groups attached to an aromatic ring is 1. The zero-order chi connectivity index (χ0) is 16.2. The van der Waals surface area contributed by atoms with E-state index in [-0.39, 0.29) is 5.95 Å². The Morgan fingerprint density at radius 2 is 1.61 bits per heavy atom. The smallest absolute Gasteiger partial charge is 0.236 e. The molecule has 3 rings (SSSR count). The van der Waals surface area contributed by atoms with Crippen LogP contribution in [0.2, 0.25) is 0 Å². The minimum atomic E-state index is 0.208. The standard InChI is InChI=1S/C17H20N6/c1-22(13-9-5-3-6-10-13)16-19-15(18)20-17(21-16)23(2)14-11-7-4-8-12-14/h3,5-7,9-12H,4,8H2,1-2H3,(H2,18,19,20,21). The lowest BCUT2D eigenvalue weighted by molar-refractivity contribution is 0.922. The molecule has 6 nitrogen and oxygen atoms in total. The van der Waals surface area contributed by atoms with E-state index in [1.54, 1.807) is 0 Å². The average Bonchev–Trinajstić information content (AvgIpc) is 2.61. The van der Waals surface area contributed by atoms with E-state index in [1.165, 1.54) is 0 Å². The molecule has 0 aliphatic heterocycles. The average molecular weight is 308 g/mol. The Labute approximate surface area is 136 Å². The lowest BCUT2D eigenvalue weighted by atomic mass is 10.1. The maximum absolute atomic E-state index is 5.89. The summed E-state index contributed by atoms with van der Waals surface area (Å²) >= 11 is 0. The van der Waals surface area contributed by atoms with Gasteiger partial charge in [0.25, 0.3) is 0 Å². The van der Waals surface area contributed by atoms with E-state index in [9.17, 15) is 0 Å². The molecule has 1 aromatic carbocycles. The summed E-state index contributed by atoms with van der Waals surface area (Å²) in [6, 6.07) is 9.91. The SMILES string of the molecule is CN(C1=CCCC=C1)c1nc(N)nc(N(C)c2ccccc2)n1. The van der Waals surface area contributed by atoms with E-state index >= 15 is 0 Å². The Hall–Kier alpha value is -2.89. The first-order valence-electron chi connectivity index (χ1n) is 7.56. The van der Waals surface area contributed by atoms with E-state index in [4.69, 9.17) is 5.73 Å². The van der Waals surface area contributed by atoms with Gasteiger partial charge in [-0.3, -0.25) is 0 Å². The fraction of sp³-hybridized carbons (Fsp3) is 0.235. The van der Waals surface area contributed by atoms with Crippen molar-refractivity contribution in [2.24, 2.45) is 0 Å². The van der Waals surface area contributed by atoms with Gasteiger partial charge in [0, 0.05) is 25.5 Å². The highest BCUT2D eigenvalue weighted by atomic mass is 15.3. The van der Waals surface area contributed by atoms with Crippen molar-refractivity contribution in [2.45, 2.75) is 12.8 Å². The number of rotatable bonds is 4. The highest BCUT2D eigenvalue weighted by Gasteiger charge is 2.15. The molecule has 0 spiro atoms. The summed E-state index contributed by atoms with van der Waals surface area (Å²) in [6.07, 6.45) is 8.48. The van der Waals surface area contributed by atoms with Crippen LogP contribution in [0.3, 0.4) is 0 Å². The lowest BCUT2D eigenvalue weighted by Crippen LogP contribution is -2.22. The molecule has 0 amide bonds. The van der Waals surface area contributed by atoms with Crippen molar-refractivity contribution in [3.63, 3.8) is 0 Å². The molecule has 0 unspecified atom stereocenters. The molecule has 0 atom stereocenters. The molecular formula is C17H20N6. The van der Waals surface area contributed by atoms with Gasteiger partial charge in [0.1, 0.15) is 0 Å². The molecule has 1 heterocycles. The van der Waals surface area contributed by atoms with Crippen LogP contribution in [0.25, 0.3) is 0 Å². The van der Waals surface area contributed by atoms with Crippen LogP contribution in [0.1, 0.15) is 12.8 Å². The fourth-order valence-electron chi connectivity index (χ4n) is 2.40. The molecule has 0 bridgehead atoms. The Morgan fingerprint density at radius 1 is 0.913 bits per heavy atom. The van der Waals surface area contributed by atoms with Crippen LogP contribution < -0.4 is 15.5 Å². The lowest BCUT2D eigenvalue weighted by Gasteiger charge is -2.22. The first-order valence-corrected chi connectivity index (χ1v) is 7.56. The third kappa shape index (κ3) is 3.31. The van der Waals surface area contributed by atoms with E-state index in [0.717, 1.165) is 24.2 Å². The number of anilines is 4. The van der Waals surface area contributed by atoms with Gasteiger partial charge in [-0.05, 0) is 31.1 Å². The number of likely N-dealkylation sites (N-methyl/N-ethyl adjacent to an activating group) is 1. The largest absolute Gasteiger partial charge is 0.368 e. The van der Waals surface area contributed by atoms with Gasteiger partial charge in [0.2, 0.25) is 17.8 Å². The summed E-state index contributed by atoms with van der Waals surface area (Å²) in [5.41, 5.74) is 7.94. The molecule has 0 radical (unpaired) electrons. The number of nitrogens with two attached hydrogens (primary N) is 1. The molecule has 1 aromatic heterocycles. The monoisotopic (exact) mass is 308 g/mol. The second kappa shape index (κ2) is 6.48. The Kier molecular flexibility index (Phi) is 4.23. The van der Waals surface area contributed by atoms with Crippen molar-refractivity contribution in [3.05, 3.63) is 54.3 Å². The van der Waals surface area contributed by atoms with Gasteiger partial charge in [-0.2, -0.15) is 15.0 Å². The van der Waals surface area contributed by atoms with Gasteiger partial charge in [-0.15, -0.1) is 0 Å². The number of nitrogens with zero attached hydrogens (tertiary/aromatic N) is 5. The predicted octanol–water partition coefficient (Wildman–Crippen LogP) is 2.89. The summed E-state index contributed by atoms with van der Waals surface area (Å²) in [6.45, 7) is 0. The van der Waals surface area contributed by atoms with Crippen LogP contribution in [0.4, 0.5) is 23.5 Å². The Morgan fingerprint density at radius 3 is 2.26 bits per heavy atom. The van der Waals surface area contributed by atoms with E-state index < -0.39 is 0 Å². The minimum Gasteiger partial charge on any atom is -0.368 e. The zero-order valence-electron chi connectivity index (χ0n) is 13.3. The number of hydrogen-bond donors (Lipinski definition) is 1. The maximum Gasteiger partial charge on any atom is 0.236 e. The number of benzene rings is 1. The van der Waals surface area contributed by atoms with Crippen molar-refractivity contribution >= 4 is 23.5 Å². The van der Waals surface area contributed by atoms with Crippen LogP contribution in [-0.2, 0) is 0 Å². The molecule has 1 aliphatic carbocycles. The van der Waals surface area contributed by atoms with E-state index in [1.807, 2.05) is 54.2 Å². The number of allylic oxidation sites excluding steroid dienone is 3. The number of para-hydroxylation sites is 1. The highest BCUT2D eigenvalue weighted by molar-refractivity contribution is 5.58. The van der Waals surface area contributed by atoms with Gasteiger partial charge < -0.3 is 15.5 Å². The maximum atomic E-state index is 5.89. The first-order chi connectivity index (χ1) is 11.1. The third-order valence-corrected chi connectivity index (χ3v) is 3.74. The van der Waals surface area contributed by atoms with Crippen molar-refractivity contribution < 1.29 is 0 Å². The van der Waals surface area contributed by atoms with Gasteiger partial charge in [-0.1, -0.05) is 30.4 Å². The third-order valence-electron chi connectivity index (χ3n) is 3.74. The van der Waals surface area contributed by atoms with Crippen molar-refractivity contribution in [1.29, 1.82) is 0 Å². The fourth-order valence-corrected chi connectivity index (χ4v) is 2.40. The summed E-state index contributed by atoms with van der Waals surface area (Å²) in [5.74, 6) is 1.26. The molecule has 0 saturated heterocycles. The first kappa shape index (κ1) is 15.0. The van der Waals surface area contributed by atoms with Crippen molar-refractivity contribution in [1.82, 2.24) is 15.0 Å². The summed E-state index contributed by atoms with van der Waals surface area (Å²) in [4.78, 5) is 16.9. The minimum absolute atomic E-state index is 0.208. The highest BCUT2D eigenvalue weighted by Crippen LogP contribution is 2.24. The number of hydrogen-bond acceptors (Lipinski definition) is 6. The molecule has 118 valence electrons. The molecule has 2 N–H and O–H groups in total. The molecular weight excluding hydrogens is 288 g/mol. The second-order valence-corrected chi connectivity index (χ2v) is 5.36. The van der Waals surface area contributed by atoms with Crippen LogP contribution >= 0.6 is 0 Å².